The summed E-state index contributed by atoms with van der Waals surface area (Å²) < 4.78 is 0. The lowest BCUT2D eigenvalue weighted by Gasteiger charge is -2.32. The quantitative estimate of drug-likeness (QED) is 0.872. The van der Waals surface area contributed by atoms with Gasteiger partial charge in [0.1, 0.15) is 0 Å². The minimum Gasteiger partial charge on any atom is -0.326 e. The first-order chi connectivity index (χ1) is 10.8. The second kappa shape index (κ2) is 7.48. The van der Waals surface area contributed by atoms with Crippen molar-refractivity contribution in [2.75, 3.05) is 12.4 Å². The molecule has 1 aromatic rings. The molecule has 0 unspecified atom stereocenters. The van der Waals surface area contributed by atoms with Gasteiger partial charge in [0.25, 0.3) is 0 Å². The third kappa shape index (κ3) is 5.07. The molecule has 0 aromatic heterocycles. The summed E-state index contributed by atoms with van der Waals surface area (Å²) >= 11 is 0. The van der Waals surface area contributed by atoms with E-state index in [1.807, 2.05) is 0 Å². The van der Waals surface area contributed by atoms with Gasteiger partial charge in [-0.05, 0) is 42.5 Å². The van der Waals surface area contributed by atoms with Gasteiger partial charge in [0, 0.05) is 25.2 Å². The van der Waals surface area contributed by atoms with Crippen LogP contribution in [0.5, 0.6) is 0 Å². The second-order valence-corrected chi connectivity index (χ2v) is 8.02. The van der Waals surface area contributed by atoms with Crippen LogP contribution in [-0.2, 0) is 16.8 Å². The molecular weight excluding hydrogens is 284 g/mol. The molecule has 0 atom stereocenters. The molecule has 1 fully saturated rings. The third-order valence-corrected chi connectivity index (χ3v) is 4.83. The third-order valence-electron chi connectivity index (χ3n) is 4.83. The summed E-state index contributed by atoms with van der Waals surface area (Å²) in [6.07, 6.45) is 6.77. The van der Waals surface area contributed by atoms with Crippen LogP contribution in [0, 0.1) is 0 Å². The van der Waals surface area contributed by atoms with Crippen molar-refractivity contribution in [2.45, 2.75) is 77.8 Å². The number of benzene rings is 1. The predicted octanol–water partition coefficient (Wildman–Crippen LogP) is 4.71. The molecule has 0 aliphatic heterocycles. The van der Waals surface area contributed by atoms with Crippen LogP contribution >= 0.6 is 0 Å². The zero-order chi connectivity index (χ0) is 17.0. The fourth-order valence-corrected chi connectivity index (χ4v) is 3.55. The normalized spacial score (nSPS) is 16.6. The number of amides is 1. The fourth-order valence-electron chi connectivity index (χ4n) is 3.55. The molecular formula is C20H32N2O. The Morgan fingerprint density at radius 2 is 1.87 bits per heavy atom. The molecule has 0 saturated heterocycles. The smallest absolute Gasteiger partial charge is 0.221 e. The van der Waals surface area contributed by atoms with Crippen LogP contribution in [0.25, 0.3) is 0 Å². The first-order valence-electron chi connectivity index (χ1n) is 8.88. The van der Waals surface area contributed by atoms with Crippen molar-refractivity contribution in [3.63, 3.8) is 0 Å². The number of hydrogen-bond acceptors (Lipinski definition) is 2. The first kappa shape index (κ1) is 18.0. The van der Waals surface area contributed by atoms with E-state index in [4.69, 9.17) is 0 Å². The highest BCUT2D eigenvalue weighted by Gasteiger charge is 2.21. The largest absolute Gasteiger partial charge is 0.326 e. The molecule has 0 spiro atoms. The Balaban J connectivity index is 2.17. The molecule has 3 nitrogen and oxygen atoms in total. The van der Waals surface area contributed by atoms with E-state index in [0.29, 0.717) is 0 Å². The van der Waals surface area contributed by atoms with E-state index in [2.05, 4.69) is 56.2 Å². The summed E-state index contributed by atoms with van der Waals surface area (Å²) in [5, 5.41) is 2.97. The van der Waals surface area contributed by atoms with Gasteiger partial charge in [-0.3, -0.25) is 9.69 Å². The highest BCUT2D eigenvalue weighted by atomic mass is 16.1. The molecule has 0 bridgehead atoms. The highest BCUT2D eigenvalue weighted by molar-refractivity contribution is 5.89. The number of carbonyl (C=O) groups excluding carboxylic acids is 1. The molecule has 23 heavy (non-hydrogen) atoms. The summed E-state index contributed by atoms with van der Waals surface area (Å²) in [5.74, 6) is -0.0115. The van der Waals surface area contributed by atoms with Crippen LogP contribution in [0.3, 0.4) is 0 Å². The van der Waals surface area contributed by atoms with Crippen molar-refractivity contribution in [2.24, 2.45) is 0 Å². The number of carbonyl (C=O) groups is 1. The summed E-state index contributed by atoms with van der Waals surface area (Å²) in [4.78, 5) is 13.9. The minimum absolute atomic E-state index is 0.0111. The Labute approximate surface area is 141 Å². The average molecular weight is 316 g/mol. The maximum absolute atomic E-state index is 11.4. The molecule has 2 rings (SSSR count). The Morgan fingerprint density at radius 3 is 2.43 bits per heavy atom. The van der Waals surface area contributed by atoms with Crippen molar-refractivity contribution in [1.29, 1.82) is 0 Å². The highest BCUT2D eigenvalue weighted by Crippen LogP contribution is 2.31. The van der Waals surface area contributed by atoms with E-state index < -0.39 is 0 Å². The standard InChI is InChI=1S/C20H32N2O/c1-15(23)21-19-12-11-16(13-18(19)20(2,3)4)14-22(5)17-9-7-6-8-10-17/h11-13,17H,6-10,14H2,1-5H3,(H,21,23). The van der Waals surface area contributed by atoms with Gasteiger partial charge in [-0.2, -0.15) is 0 Å². The van der Waals surface area contributed by atoms with E-state index in [-0.39, 0.29) is 11.3 Å². The number of nitrogens with zero attached hydrogens (tertiary/aromatic N) is 1. The van der Waals surface area contributed by atoms with Gasteiger partial charge in [0.15, 0.2) is 0 Å². The number of anilines is 1. The molecule has 0 radical (unpaired) electrons. The summed E-state index contributed by atoms with van der Waals surface area (Å²) in [6.45, 7) is 9.14. The van der Waals surface area contributed by atoms with Crippen LogP contribution in [0.1, 0.15) is 70.9 Å². The van der Waals surface area contributed by atoms with E-state index in [0.717, 1.165) is 18.3 Å². The number of nitrogens with one attached hydrogen (secondary N) is 1. The summed E-state index contributed by atoms with van der Waals surface area (Å²) in [6, 6.07) is 7.20. The zero-order valence-electron chi connectivity index (χ0n) is 15.4. The molecule has 3 heteroatoms. The predicted molar refractivity (Wildman–Crippen MR) is 97.8 cm³/mol. The first-order valence-corrected chi connectivity index (χ1v) is 8.88. The van der Waals surface area contributed by atoms with Gasteiger partial charge >= 0.3 is 0 Å². The lowest BCUT2D eigenvalue weighted by molar-refractivity contribution is -0.114. The van der Waals surface area contributed by atoms with Gasteiger partial charge in [-0.25, -0.2) is 0 Å². The molecule has 0 heterocycles. The van der Waals surface area contributed by atoms with Crippen LogP contribution < -0.4 is 5.32 Å². The molecule has 1 aliphatic rings. The molecule has 1 amide bonds. The maximum atomic E-state index is 11.4. The van der Waals surface area contributed by atoms with Crippen molar-refractivity contribution < 1.29 is 4.79 Å². The maximum Gasteiger partial charge on any atom is 0.221 e. The SMILES string of the molecule is CC(=O)Nc1ccc(CN(C)C2CCCCC2)cc1C(C)(C)C. The lowest BCUT2D eigenvalue weighted by Crippen LogP contribution is -2.33. The molecule has 1 N–H and O–H groups in total. The van der Waals surface area contributed by atoms with E-state index >= 15 is 0 Å². The summed E-state index contributed by atoms with van der Waals surface area (Å²) in [7, 11) is 2.24. The monoisotopic (exact) mass is 316 g/mol. The molecule has 128 valence electrons. The van der Waals surface area contributed by atoms with E-state index in [1.54, 1.807) is 6.92 Å². The van der Waals surface area contributed by atoms with Crippen molar-refractivity contribution in [3.05, 3.63) is 29.3 Å². The van der Waals surface area contributed by atoms with Gasteiger partial charge in [0.2, 0.25) is 5.91 Å². The Morgan fingerprint density at radius 1 is 1.22 bits per heavy atom. The van der Waals surface area contributed by atoms with Crippen LogP contribution in [0.4, 0.5) is 5.69 Å². The topological polar surface area (TPSA) is 32.3 Å². The zero-order valence-corrected chi connectivity index (χ0v) is 15.4. The van der Waals surface area contributed by atoms with Crippen molar-refractivity contribution >= 4 is 11.6 Å². The molecule has 1 aromatic carbocycles. The number of rotatable bonds is 4. The number of hydrogen-bond donors (Lipinski definition) is 1. The fraction of sp³-hybridized carbons (Fsp3) is 0.650. The van der Waals surface area contributed by atoms with Crippen LogP contribution in [0.2, 0.25) is 0 Å². The Hall–Kier alpha value is -1.35. The average Bonchev–Trinajstić information content (AvgIpc) is 2.48. The van der Waals surface area contributed by atoms with E-state index in [9.17, 15) is 4.79 Å². The second-order valence-electron chi connectivity index (χ2n) is 8.02. The molecule has 1 saturated carbocycles. The van der Waals surface area contributed by atoms with Gasteiger partial charge in [-0.15, -0.1) is 0 Å². The van der Waals surface area contributed by atoms with Gasteiger partial charge < -0.3 is 5.32 Å². The van der Waals surface area contributed by atoms with Gasteiger partial charge in [0.05, 0.1) is 0 Å². The van der Waals surface area contributed by atoms with Crippen LogP contribution in [-0.4, -0.2) is 23.9 Å². The van der Waals surface area contributed by atoms with Crippen molar-refractivity contribution in [3.8, 4) is 0 Å². The van der Waals surface area contributed by atoms with Gasteiger partial charge in [-0.1, -0.05) is 52.2 Å². The van der Waals surface area contributed by atoms with Crippen molar-refractivity contribution in [1.82, 2.24) is 4.90 Å². The van der Waals surface area contributed by atoms with E-state index in [1.165, 1.54) is 43.2 Å². The Kier molecular flexibility index (Phi) is 5.85. The van der Waals surface area contributed by atoms with Crippen LogP contribution in [0.15, 0.2) is 18.2 Å². The minimum atomic E-state index is -0.0115. The Bertz CT molecular complexity index is 539. The summed E-state index contributed by atoms with van der Waals surface area (Å²) in [5.41, 5.74) is 3.49. The lowest BCUT2D eigenvalue weighted by atomic mass is 9.84. The molecule has 1 aliphatic carbocycles.